The maximum atomic E-state index is 6.33. The van der Waals surface area contributed by atoms with Crippen molar-refractivity contribution in [2.24, 2.45) is 0 Å². The summed E-state index contributed by atoms with van der Waals surface area (Å²) in [6.07, 6.45) is 15.4. The van der Waals surface area contributed by atoms with E-state index in [0.29, 0.717) is 0 Å². The van der Waals surface area contributed by atoms with Crippen LogP contribution in [0.2, 0.25) is 0 Å². The van der Waals surface area contributed by atoms with Gasteiger partial charge in [-0.25, -0.2) is 0 Å². The molecule has 0 saturated heterocycles. The third kappa shape index (κ3) is 9.79. The van der Waals surface area contributed by atoms with Gasteiger partial charge in [0.2, 0.25) is 0 Å². The maximum absolute atomic E-state index is 6.33. The van der Waals surface area contributed by atoms with Crippen molar-refractivity contribution in [1.82, 2.24) is 0 Å². The molecule has 2 aromatic rings. The van der Waals surface area contributed by atoms with Crippen molar-refractivity contribution in [3.8, 4) is 11.5 Å². The molecule has 2 rings (SSSR count). The van der Waals surface area contributed by atoms with E-state index in [1.54, 1.807) is 0 Å². The molecule has 0 fully saturated rings. The van der Waals surface area contributed by atoms with E-state index in [9.17, 15) is 0 Å². The smallest absolute Gasteiger partial charge is 0.130 e. The molecule has 0 unspecified atom stereocenters. The van der Waals surface area contributed by atoms with Gasteiger partial charge in [-0.05, 0) is 43.7 Å². The number of rotatable bonds is 19. The number of halogens is 2. The fourth-order valence-electron chi connectivity index (χ4n) is 4.09. The first kappa shape index (κ1) is 27.1. The van der Waals surface area contributed by atoms with Gasteiger partial charge < -0.3 is 9.47 Å². The van der Waals surface area contributed by atoms with Crippen LogP contribution in [0.15, 0.2) is 30.3 Å². The van der Waals surface area contributed by atoms with Crippen LogP contribution in [0.1, 0.15) is 89.5 Å². The predicted molar refractivity (Wildman–Crippen MR) is 141 cm³/mol. The van der Waals surface area contributed by atoms with Crippen LogP contribution in [0.3, 0.4) is 0 Å². The van der Waals surface area contributed by atoms with Gasteiger partial charge in [0.15, 0.2) is 0 Å². The number of unbranched alkanes of at least 4 members (excludes halogenated alkanes) is 10. The van der Waals surface area contributed by atoms with Crippen molar-refractivity contribution in [2.75, 3.05) is 25.0 Å². The lowest BCUT2D eigenvalue weighted by atomic mass is 10.0. The van der Waals surface area contributed by atoms with E-state index in [0.717, 1.165) is 74.0 Å². The molecule has 2 nitrogen and oxygen atoms in total. The van der Waals surface area contributed by atoms with Gasteiger partial charge in [-0.15, -0.1) is 23.2 Å². The molecule has 0 aliphatic rings. The van der Waals surface area contributed by atoms with E-state index in [2.05, 4.69) is 37.3 Å². The zero-order valence-electron chi connectivity index (χ0n) is 20.0. The Labute approximate surface area is 206 Å². The Morgan fingerprint density at radius 2 is 1.12 bits per heavy atom. The largest absolute Gasteiger partial charge is 0.493 e. The Morgan fingerprint density at radius 3 is 1.69 bits per heavy atom. The lowest BCUT2D eigenvalue weighted by Crippen LogP contribution is -2.03. The van der Waals surface area contributed by atoms with Crippen LogP contribution in [0.25, 0.3) is 10.8 Å². The van der Waals surface area contributed by atoms with E-state index >= 15 is 0 Å². The van der Waals surface area contributed by atoms with Crippen LogP contribution in [0, 0.1) is 0 Å². The highest BCUT2D eigenvalue weighted by Gasteiger charge is 2.13. The molecule has 0 N–H and O–H groups in total. The minimum Gasteiger partial charge on any atom is -0.493 e. The highest BCUT2D eigenvalue weighted by Crippen LogP contribution is 2.37. The average molecular weight is 482 g/mol. The second kappa shape index (κ2) is 17.4. The first-order valence-electron chi connectivity index (χ1n) is 12.7. The van der Waals surface area contributed by atoms with Gasteiger partial charge in [0.05, 0.1) is 13.2 Å². The molecule has 0 aliphatic carbocycles. The Hall–Kier alpha value is -1.12. The van der Waals surface area contributed by atoms with Crippen molar-refractivity contribution < 1.29 is 9.47 Å². The molecular formula is C28H42Cl2O2. The molecule has 0 bridgehead atoms. The summed E-state index contributed by atoms with van der Waals surface area (Å²) >= 11 is 11.5. The fourth-order valence-corrected chi connectivity index (χ4v) is 4.46. The number of benzene rings is 2. The Morgan fingerprint density at radius 1 is 0.625 bits per heavy atom. The molecule has 4 heteroatoms. The maximum Gasteiger partial charge on any atom is 0.130 e. The lowest BCUT2D eigenvalue weighted by Gasteiger charge is -2.17. The number of fused-ring (bicyclic) bond motifs is 1. The van der Waals surface area contributed by atoms with Crippen LogP contribution >= 0.6 is 23.2 Å². The molecule has 180 valence electrons. The van der Waals surface area contributed by atoms with E-state index in [1.807, 2.05) is 0 Å². The molecule has 32 heavy (non-hydrogen) atoms. The van der Waals surface area contributed by atoms with Gasteiger partial charge in [0.25, 0.3) is 0 Å². The van der Waals surface area contributed by atoms with Crippen molar-refractivity contribution in [3.05, 3.63) is 35.9 Å². The summed E-state index contributed by atoms with van der Waals surface area (Å²) in [4.78, 5) is 0. The summed E-state index contributed by atoms with van der Waals surface area (Å²) in [5.41, 5.74) is 1.24. The standard InChI is InChI=1S/C28H42Cl2O2/c1-2-24-23-27(31-21-15-9-5-3-7-13-19-29)25-17-11-12-18-26(25)28(24)32-22-16-10-6-4-8-14-20-30/h11-12,17-18,23H,2-10,13-16,19-22H2,1H3. The SMILES string of the molecule is CCc1cc(OCCCCCCCCCl)c2ccccc2c1OCCCCCCCCCl. The summed E-state index contributed by atoms with van der Waals surface area (Å²) in [6, 6.07) is 10.7. The monoisotopic (exact) mass is 480 g/mol. The van der Waals surface area contributed by atoms with Gasteiger partial charge in [-0.3, -0.25) is 0 Å². The van der Waals surface area contributed by atoms with E-state index in [4.69, 9.17) is 32.7 Å². The molecule has 0 saturated carbocycles. The van der Waals surface area contributed by atoms with E-state index < -0.39 is 0 Å². The molecule has 0 atom stereocenters. The topological polar surface area (TPSA) is 18.5 Å². The van der Waals surface area contributed by atoms with Crippen LogP contribution in [0.5, 0.6) is 11.5 Å². The van der Waals surface area contributed by atoms with Crippen LogP contribution in [-0.2, 0) is 6.42 Å². The van der Waals surface area contributed by atoms with Gasteiger partial charge in [-0.2, -0.15) is 0 Å². The van der Waals surface area contributed by atoms with Crippen molar-refractivity contribution in [2.45, 2.75) is 90.4 Å². The normalized spacial score (nSPS) is 11.2. The second-order valence-electron chi connectivity index (χ2n) is 8.58. The third-order valence-electron chi connectivity index (χ3n) is 5.97. The summed E-state index contributed by atoms with van der Waals surface area (Å²) < 4.78 is 12.6. The average Bonchev–Trinajstić information content (AvgIpc) is 2.82. The Balaban J connectivity index is 1.89. The number of alkyl halides is 2. The zero-order chi connectivity index (χ0) is 22.9. The van der Waals surface area contributed by atoms with Crippen molar-refractivity contribution >= 4 is 34.0 Å². The van der Waals surface area contributed by atoms with Crippen LogP contribution < -0.4 is 9.47 Å². The summed E-state index contributed by atoms with van der Waals surface area (Å²) in [5, 5.41) is 2.33. The predicted octanol–water partition coefficient (Wildman–Crippen LogP) is 9.32. The van der Waals surface area contributed by atoms with Crippen LogP contribution in [-0.4, -0.2) is 25.0 Å². The Bertz CT molecular complexity index is 748. The quantitative estimate of drug-likeness (QED) is 0.147. The lowest BCUT2D eigenvalue weighted by molar-refractivity contribution is 0.299. The molecule has 0 radical (unpaired) electrons. The zero-order valence-corrected chi connectivity index (χ0v) is 21.5. The summed E-state index contributed by atoms with van der Waals surface area (Å²) in [5.74, 6) is 3.60. The second-order valence-corrected chi connectivity index (χ2v) is 9.34. The van der Waals surface area contributed by atoms with Crippen LogP contribution in [0.4, 0.5) is 0 Å². The van der Waals surface area contributed by atoms with E-state index in [-0.39, 0.29) is 0 Å². The molecule has 0 spiro atoms. The van der Waals surface area contributed by atoms with Gasteiger partial charge >= 0.3 is 0 Å². The highest BCUT2D eigenvalue weighted by atomic mass is 35.5. The first-order valence-corrected chi connectivity index (χ1v) is 13.8. The molecule has 0 aliphatic heterocycles. The minimum atomic E-state index is 0.770. The van der Waals surface area contributed by atoms with Crippen molar-refractivity contribution in [1.29, 1.82) is 0 Å². The molecule has 0 aromatic heterocycles. The molecule has 2 aromatic carbocycles. The minimum absolute atomic E-state index is 0.770. The van der Waals surface area contributed by atoms with Gasteiger partial charge in [-0.1, -0.05) is 82.6 Å². The van der Waals surface area contributed by atoms with Gasteiger partial charge in [0, 0.05) is 22.5 Å². The van der Waals surface area contributed by atoms with Crippen molar-refractivity contribution in [3.63, 3.8) is 0 Å². The highest BCUT2D eigenvalue weighted by molar-refractivity contribution is 6.18. The number of hydrogen-bond donors (Lipinski definition) is 0. The number of aryl methyl sites for hydroxylation is 1. The van der Waals surface area contributed by atoms with E-state index in [1.165, 1.54) is 62.3 Å². The Kier molecular flexibility index (Phi) is 14.7. The summed E-state index contributed by atoms with van der Waals surface area (Å²) in [7, 11) is 0. The van der Waals surface area contributed by atoms with Gasteiger partial charge in [0.1, 0.15) is 11.5 Å². The fraction of sp³-hybridized carbons (Fsp3) is 0.643. The third-order valence-corrected chi connectivity index (χ3v) is 6.51. The number of hydrogen-bond acceptors (Lipinski definition) is 2. The number of ether oxygens (including phenoxy) is 2. The summed E-state index contributed by atoms with van der Waals surface area (Å²) in [6.45, 7) is 3.74. The molecular weight excluding hydrogens is 439 g/mol. The first-order chi connectivity index (χ1) is 15.8. The molecule has 0 heterocycles. The molecule has 0 amide bonds.